The Bertz CT molecular complexity index is 2540. The van der Waals surface area contributed by atoms with Crippen molar-refractivity contribution < 1.29 is 9.47 Å². The lowest BCUT2D eigenvalue weighted by Gasteiger charge is -2.13. The molecule has 8 aromatic rings. The maximum Gasteiger partial charge on any atom is 0.135 e. The van der Waals surface area contributed by atoms with E-state index in [1.54, 1.807) is 0 Å². The maximum absolute atomic E-state index is 6.57. The summed E-state index contributed by atoms with van der Waals surface area (Å²) in [4.78, 5) is 0. The zero-order valence-electron chi connectivity index (χ0n) is 33.7. The van der Waals surface area contributed by atoms with Gasteiger partial charge in [-0.25, -0.2) is 0 Å². The zero-order valence-corrected chi connectivity index (χ0v) is 33.7. The van der Waals surface area contributed by atoms with E-state index < -0.39 is 0 Å². The molecule has 0 atom stereocenters. The summed E-state index contributed by atoms with van der Waals surface area (Å²) in [6.45, 7) is 5.78. The van der Waals surface area contributed by atoms with Crippen LogP contribution in [0.4, 0.5) is 0 Å². The monoisotopic (exact) mass is 754 g/mol. The summed E-state index contributed by atoms with van der Waals surface area (Å²) in [5.41, 5.74) is 5.96. The minimum absolute atomic E-state index is 0.652. The first-order valence-corrected chi connectivity index (χ1v) is 21.1. The molecular formula is C56H50O2. The third kappa shape index (κ3) is 8.74. The van der Waals surface area contributed by atoms with Crippen molar-refractivity contribution >= 4 is 43.1 Å². The van der Waals surface area contributed by atoms with Crippen LogP contribution in [0.2, 0.25) is 0 Å². The molecule has 0 bridgehead atoms. The van der Waals surface area contributed by atoms with Crippen molar-refractivity contribution in [2.45, 2.75) is 65.2 Å². The van der Waals surface area contributed by atoms with Crippen LogP contribution in [-0.2, 0) is 0 Å². The molecule has 0 fully saturated rings. The second-order valence-electron chi connectivity index (χ2n) is 15.1. The summed E-state index contributed by atoms with van der Waals surface area (Å²) in [6, 6.07) is 51.4. The first-order chi connectivity index (χ1) is 28.7. The van der Waals surface area contributed by atoms with Gasteiger partial charge in [-0.1, -0.05) is 185 Å². The Kier molecular flexibility index (Phi) is 12.3. The van der Waals surface area contributed by atoms with E-state index in [9.17, 15) is 0 Å². The molecule has 0 aromatic heterocycles. The second-order valence-corrected chi connectivity index (χ2v) is 15.1. The van der Waals surface area contributed by atoms with Crippen LogP contribution in [0.1, 0.15) is 87.5 Å². The van der Waals surface area contributed by atoms with Crippen LogP contribution < -0.4 is 9.47 Å². The molecule has 8 aromatic carbocycles. The van der Waals surface area contributed by atoms with Crippen molar-refractivity contribution in [3.8, 4) is 46.3 Å². The Labute approximate surface area is 343 Å². The molecule has 8 rings (SSSR count). The van der Waals surface area contributed by atoms with Crippen LogP contribution in [0.3, 0.4) is 0 Å². The highest BCUT2D eigenvalue weighted by Gasteiger charge is 2.12. The number of hydrogen-bond donors (Lipinski definition) is 0. The first kappa shape index (κ1) is 38.4. The van der Waals surface area contributed by atoms with E-state index in [4.69, 9.17) is 9.47 Å². The topological polar surface area (TPSA) is 18.5 Å². The van der Waals surface area contributed by atoms with Crippen molar-refractivity contribution in [3.63, 3.8) is 0 Å². The molecule has 58 heavy (non-hydrogen) atoms. The molecule has 0 aliphatic heterocycles. The number of rotatable bonds is 13. The third-order valence-corrected chi connectivity index (χ3v) is 11.0. The average Bonchev–Trinajstić information content (AvgIpc) is 3.27. The van der Waals surface area contributed by atoms with E-state index in [0.717, 1.165) is 92.1 Å². The highest BCUT2D eigenvalue weighted by Crippen LogP contribution is 2.34. The largest absolute Gasteiger partial charge is 0.492 e. The second kappa shape index (κ2) is 18.6. The van der Waals surface area contributed by atoms with Gasteiger partial charge < -0.3 is 9.47 Å². The SMILES string of the molecule is CCCCCCOc1cc(-c2ccc(C#Cc3c4ccccc4cc4ccccc34)c(OCCCCCC)c2)ccc1C#Cc1c2ccccc2cc2ccccc12. The third-order valence-electron chi connectivity index (χ3n) is 11.0. The van der Waals surface area contributed by atoms with Gasteiger partial charge in [0.25, 0.3) is 0 Å². The molecule has 2 heteroatoms. The van der Waals surface area contributed by atoms with Crippen LogP contribution in [-0.4, -0.2) is 13.2 Å². The lowest BCUT2D eigenvalue weighted by molar-refractivity contribution is 0.304. The number of unbranched alkanes of at least 4 members (excludes halogenated alkanes) is 6. The molecule has 286 valence electrons. The molecule has 0 aliphatic carbocycles. The Morgan fingerprint density at radius 3 is 1.09 bits per heavy atom. The van der Waals surface area contributed by atoms with E-state index in [1.807, 2.05) is 0 Å². The van der Waals surface area contributed by atoms with E-state index in [1.165, 1.54) is 47.2 Å². The minimum Gasteiger partial charge on any atom is -0.492 e. The van der Waals surface area contributed by atoms with Gasteiger partial charge in [0.05, 0.1) is 24.3 Å². The Balaban J connectivity index is 1.18. The van der Waals surface area contributed by atoms with Gasteiger partial charge in [-0.15, -0.1) is 0 Å². The normalized spacial score (nSPS) is 11.0. The smallest absolute Gasteiger partial charge is 0.135 e. The summed E-state index contributed by atoms with van der Waals surface area (Å²) in [5.74, 6) is 15.9. The summed E-state index contributed by atoms with van der Waals surface area (Å²) >= 11 is 0. The average molecular weight is 755 g/mol. The van der Waals surface area contributed by atoms with Crippen molar-refractivity contribution in [1.29, 1.82) is 0 Å². The number of hydrogen-bond acceptors (Lipinski definition) is 2. The van der Waals surface area contributed by atoms with E-state index in [-0.39, 0.29) is 0 Å². The zero-order chi connectivity index (χ0) is 39.5. The highest BCUT2D eigenvalue weighted by atomic mass is 16.5. The molecule has 0 aliphatic rings. The summed E-state index contributed by atoms with van der Waals surface area (Å²) in [6.07, 6.45) is 9.10. The lowest BCUT2D eigenvalue weighted by Crippen LogP contribution is -2.01. The quantitative estimate of drug-likeness (QED) is 0.0663. The lowest BCUT2D eigenvalue weighted by atomic mass is 9.96. The molecule has 0 saturated carbocycles. The number of ether oxygens (including phenoxy) is 2. The Morgan fingerprint density at radius 1 is 0.362 bits per heavy atom. The van der Waals surface area contributed by atoms with Crippen LogP contribution >= 0.6 is 0 Å². The molecule has 0 amide bonds. The first-order valence-electron chi connectivity index (χ1n) is 21.1. The van der Waals surface area contributed by atoms with Crippen LogP contribution in [0.15, 0.2) is 146 Å². The number of fused-ring (bicyclic) bond motifs is 4. The predicted molar refractivity (Wildman–Crippen MR) is 246 cm³/mol. The Hall–Kier alpha value is -6.48. The highest BCUT2D eigenvalue weighted by molar-refractivity contribution is 6.05. The molecule has 0 unspecified atom stereocenters. The van der Waals surface area contributed by atoms with E-state index in [0.29, 0.717) is 13.2 Å². The maximum atomic E-state index is 6.57. The molecular weight excluding hydrogens is 705 g/mol. The predicted octanol–water partition coefficient (Wildman–Crippen LogP) is 14.7. The van der Waals surface area contributed by atoms with E-state index in [2.05, 4.69) is 183 Å². The van der Waals surface area contributed by atoms with Gasteiger partial charge in [-0.2, -0.15) is 0 Å². The summed E-state index contributed by atoms with van der Waals surface area (Å²) in [7, 11) is 0. The summed E-state index contributed by atoms with van der Waals surface area (Å²) in [5, 5.41) is 9.39. The van der Waals surface area contributed by atoms with Crippen LogP contribution in [0.5, 0.6) is 11.5 Å². The van der Waals surface area contributed by atoms with Crippen molar-refractivity contribution in [2.75, 3.05) is 13.2 Å². The van der Waals surface area contributed by atoms with Crippen molar-refractivity contribution in [1.82, 2.24) is 0 Å². The standard InChI is InChI=1S/C56H50O2/c1-3-5-7-17-35-57-55-39-43(29-27-41(55)31-33-53-49-23-13-9-19-45(49)37-46-20-10-14-24-50(46)53)44-30-28-42(56(40-44)58-36-18-8-6-4-2)32-34-54-51-25-15-11-21-47(51)38-48-22-12-16-26-52(48)54/h9-16,19-30,37-40H,3-8,17-18,35-36H2,1-2H3. The molecule has 0 heterocycles. The van der Waals surface area contributed by atoms with Crippen LogP contribution in [0.25, 0.3) is 54.2 Å². The summed E-state index contributed by atoms with van der Waals surface area (Å²) < 4.78 is 13.1. The fourth-order valence-corrected chi connectivity index (χ4v) is 7.83. The van der Waals surface area contributed by atoms with Gasteiger partial charge in [-0.05, 0) is 103 Å². The van der Waals surface area contributed by atoms with Gasteiger partial charge in [0.1, 0.15) is 11.5 Å². The van der Waals surface area contributed by atoms with Crippen molar-refractivity contribution in [2.24, 2.45) is 0 Å². The van der Waals surface area contributed by atoms with Gasteiger partial charge in [-0.3, -0.25) is 0 Å². The van der Waals surface area contributed by atoms with Gasteiger partial charge in [0, 0.05) is 11.1 Å². The van der Waals surface area contributed by atoms with Crippen molar-refractivity contribution in [3.05, 3.63) is 168 Å². The number of benzene rings is 8. The molecule has 0 radical (unpaired) electrons. The van der Waals surface area contributed by atoms with E-state index >= 15 is 0 Å². The van der Waals surface area contributed by atoms with Crippen LogP contribution in [0, 0.1) is 23.7 Å². The molecule has 0 N–H and O–H groups in total. The minimum atomic E-state index is 0.652. The molecule has 0 saturated heterocycles. The Morgan fingerprint density at radius 2 is 0.724 bits per heavy atom. The van der Waals surface area contributed by atoms with Gasteiger partial charge in [0.15, 0.2) is 0 Å². The fraction of sp³-hybridized carbons (Fsp3) is 0.214. The fourth-order valence-electron chi connectivity index (χ4n) is 7.83. The molecule has 0 spiro atoms. The molecule has 2 nitrogen and oxygen atoms in total. The van der Waals surface area contributed by atoms with Gasteiger partial charge in [0.2, 0.25) is 0 Å². The van der Waals surface area contributed by atoms with Gasteiger partial charge >= 0.3 is 0 Å².